The SMILES string of the molecule is O=C(NCc1ccccc1F)C1(C(=O)Nc2cccc(Br)c2)CC1. The monoisotopic (exact) mass is 390 g/mol. The Morgan fingerprint density at radius 1 is 1.08 bits per heavy atom. The van der Waals surface area contributed by atoms with Crippen molar-refractivity contribution in [3.05, 3.63) is 64.4 Å². The number of benzene rings is 2. The molecule has 2 aromatic rings. The number of rotatable bonds is 5. The molecule has 0 bridgehead atoms. The van der Waals surface area contributed by atoms with Gasteiger partial charge in [-0.3, -0.25) is 9.59 Å². The molecule has 0 saturated heterocycles. The third-order valence-corrected chi connectivity index (χ3v) is 4.59. The maximum atomic E-state index is 13.6. The molecule has 2 N–H and O–H groups in total. The topological polar surface area (TPSA) is 58.2 Å². The second kappa shape index (κ2) is 6.73. The zero-order valence-corrected chi connectivity index (χ0v) is 14.4. The zero-order valence-electron chi connectivity index (χ0n) is 12.8. The lowest BCUT2D eigenvalue weighted by atomic mass is 10.0. The molecule has 4 nitrogen and oxygen atoms in total. The first-order valence-corrected chi connectivity index (χ1v) is 8.39. The molecule has 0 heterocycles. The van der Waals surface area contributed by atoms with Crippen molar-refractivity contribution in [3.63, 3.8) is 0 Å². The summed E-state index contributed by atoms with van der Waals surface area (Å²) in [5.41, 5.74) is -0.0234. The van der Waals surface area contributed by atoms with Crippen LogP contribution in [0.4, 0.5) is 10.1 Å². The van der Waals surface area contributed by atoms with Crippen LogP contribution in [0.15, 0.2) is 53.0 Å². The molecular weight excluding hydrogens is 375 g/mol. The smallest absolute Gasteiger partial charge is 0.240 e. The second-order valence-electron chi connectivity index (χ2n) is 5.82. The van der Waals surface area contributed by atoms with Crippen LogP contribution >= 0.6 is 15.9 Å². The summed E-state index contributed by atoms with van der Waals surface area (Å²) in [6, 6.07) is 13.4. The van der Waals surface area contributed by atoms with Crippen molar-refractivity contribution < 1.29 is 14.0 Å². The van der Waals surface area contributed by atoms with Crippen LogP contribution in [0.25, 0.3) is 0 Å². The summed E-state index contributed by atoms with van der Waals surface area (Å²) in [5.74, 6) is -1.06. The molecule has 2 aromatic carbocycles. The van der Waals surface area contributed by atoms with E-state index in [1.165, 1.54) is 6.07 Å². The van der Waals surface area contributed by atoms with Crippen molar-refractivity contribution in [1.29, 1.82) is 0 Å². The average Bonchev–Trinajstić information content (AvgIpc) is 3.36. The van der Waals surface area contributed by atoms with E-state index in [-0.39, 0.29) is 24.2 Å². The van der Waals surface area contributed by atoms with Gasteiger partial charge in [-0.2, -0.15) is 0 Å². The van der Waals surface area contributed by atoms with Crippen LogP contribution in [0.1, 0.15) is 18.4 Å². The number of nitrogens with one attached hydrogen (secondary N) is 2. The Hall–Kier alpha value is -2.21. The largest absolute Gasteiger partial charge is 0.351 e. The second-order valence-corrected chi connectivity index (χ2v) is 6.74. The van der Waals surface area contributed by atoms with Crippen LogP contribution in [0, 0.1) is 11.2 Å². The standard InChI is InChI=1S/C18H16BrFN2O2/c19-13-5-3-6-14(10-13)22-17(24)18(8-9-18)16(23)21-11-12-4-1-2-7-15(12)20/h1-7,10H,8-9,11H2,(H,21,23)(H,22,24). The minimum absolute atomic E-state index is 0.0669. The molecule has 1 saturated carbocycles. The van der Waals surface area contributed by atoms with Gasteiger partial charge in [-0.15, -0.1) is 0 Å². The molecule has 124 valence electrons. The van der Waals surface area contributed by atoms with E-state index >= 15 is 0 Å². The summed E-state index contributed by atoms with van der Waals surface area (Å²) in [6.07, 6.45) is 0.992. The van der Waals surface area contributed by atoms with Crippen LogP contribution in [0.5, 0.6) is 0 Å². The van der Waals surface area contributed by atoms with Gasteiger partial charge in [0.25, 0.3) is 0 Å². The van der Waals surface area contributed by atoms with Gasteiger partial charge in [-0.05, 0) is 37.1 Å². The fourth-order valence-electron chi connectivity index (χ4n) is 2.49. The molecule has 2 amide bonds. The summed E-state index contributed by atoms with van der Waals surface area (Å²) in [7, 11) is 0. The maximum absolute atomic E-state index is 13.6. The number of amides is 2. The molecule has 0 aliphatic heterocycles. The van der Waals surface area contributed by atoms with Gasteiger partial charge >= 0.3 is 0 Å². The van der Waals surface area contributed by atoms with Crippen molar-refractivity contribution in [2.45, 2.75) is 19.4 Å². The van der Waals surface area contributed by atoms with E-state index in [9.17, 15) is 14.0 Å². The number of carbonyl (C=O) groups excluding carboxylic acids is 2. The normalized spacial score (nSPS) is 14.8. The van der Waals surface area contributed by atoms with Gasteiger partial charge in [0.15, 0.2) is 0 Å². The van der Waals surface area contributed by atoms with E-state index < -0.39 is 5.41 Å². The van der Waals surface area contributed by atoms with Crippen molar-refractivity contribution in [3.8, 4) is 0 Å². The Bertz CT molecular complexity index is 790. The molecule has 1 aliphatic rings. The third kappa shape index (κ3) is 3.48. The lowest BCUT2D eigenvalue weighted by Gasteiger charge is -2.16. The fourth-order valence-corrected chi connectivity index (χ4v) is 2.88. The molecule has 1 aliphatic carbocycles. The molecule has 3 rings (SSSR count). The first-order chi connectivity index (χ1) is 11.5. The number of hydrogen-bond donors (Lipinski definition) is 2. The molecule has 0 aromatic heterocycles. The number of carbonyl (C=O) groups is 2. The Morgan fingerprint density at radius 3 is 2.50 bits per heavy atom. The Morgan fingerprint density at radius 2 is 1.83 bits per heavy atom. The first-order valence-electron chi connectivity index (χ1n) is 7.60. The summed E-state index contributed by atoms with van der Waals surface area (Å²) in [6.45, 7) is 0.0669. The minimum Gasteiger partial charge on any atom is -0.351 e. The van der Waals surface area contributed by atoms with Gasteiger partial charge in [0.1, 0.15) is 11.2 Å². The zero-order chi connectivity index (χ0) is 17.2. The summed E-state index contributed by atoms with van der Waals surface area (Å²) < 4.78 is 14.4. The highest BCUT2D eigenvalue weighted by Gasteiger charge is 2.56. The lowest BCUT2D eigenvalue weighted by Crippen LogP contribution is -2.39. The van der Waals surface area contributed by atoms with E-state index in [0.717, 1.165) is 4.47 Å². The van der Waals surface area contributed by atoms with Gasteiger partial charge in [0.2, 0.25) is 11.8 Å². The average molecular weight is 391 g/mol. The molecule has 0 atom stereocenters. The summed E-state index contributed by atoms with van der Waals surface area (Å²) in [4.78, 5) is 24.9. The molecule has 0 radical (unpaired) electrons. The van der Waals surface area contributed by atoms with Crippen LogP contribution in [0.2, 0.25) is 0 Å². The van der Waals surface area contributed by atoms with Crippen molar-refractivity contribution in [2.75, 3.05) is 5.32 Å². The van der Waals surface area contributed by atoms with E-state index in [0.29, 0.717) is 24.1 Å². The molecule has 24 heavy (non-hydrogen) atoms. The Kier molecular flexibility index (Phi) is 4.66. The number of hydrogen-bond acceptors (Lipinski definition) is 2. The van der Waals surface area contributed by atoms with Crippen LogP contribution < -0.4 is 10.6 Å². The van der Waals surface area contributed by atoms with Crippen LogP contribution in [-0.4, -0.2) is 11.8 Å². The molecule has 6 heteroatoms. The van der Waals surface area contributed by atoms with Gasteiger partial charge in [0, 0.05) is 22.3 Å². The van der Waals surface area contributed by atoms with Gasteiger partial charge in [-0.1, -0.05) is 40.2 Å². The van der Waals surface area contributed by atoms with Crippen LogP contribution in [0.3, 0.4) is 0 Å². The predicted molar refractivity (Wildman–Crippen MR) is 92.7 cm³/mol. The summed E-state index contributed by atoms with van der Waals surface area (Å²) >= 11 is 3.34. The molecular formula is C18H16BrFN2O2. The molecule has 1 fully saturated rings. The quantitative estimate of drug-likeness (QED) is 0.765. The fraction of sp³-hybridized carbons (Fsp3) is 0.222. The van der Waals surface area contributed by atoms with E-state index in [1.54, 1.807) is 36.4 Å². The maximum Gasteiger partial charge on any atom is 0.240 e. The Balaban J connectivity index is 1.63. The first kappa shape index (κ1) is 16.6. The number of halogens is 2. The van der Waals surface area contributed by atoms with E-state index in [4.69, 9.17) is 0 Å². The van der Waals surface area contributed by atoms with Crippen molar-refractivity contribution in [1.82, 2.24) is 5.32 Å². The van der Waals surface area contributed by atoms with Gasteiger partial charge in [-0.25, -0.2) is 4.39 Å². The van der Waals surface area contributed by atoms with E-state index in [2.05, 4.69) is 26.6 Å². The van der Waals surface area contributed by atoms with Crippen molar-refractivity contribution >= 4 is 33.4 Å². The Labute approximate surface area is 147 Å². The highest BCUT2D eigenvalue weighted by Crippen LogP contribution is 2.47. The van der Waals surface area contributed by atoms with Gasteiger partial charge < -0.3 is 10.6 Å². The molecule has 0 spiro atoms. The predicted octanol–water partition coefficient (Wildman–Crippen LogP) is 3.62. The summed E-state index contributed by atoms with van der Waals surface area (Å²) in [5, 5.41) is 5.44. The number of anilines is 1. The van der Waals surface area contributed by atoms with Gasteiger partial charge in [0.05, 0.1) is 0 Å². The highest BCUT2D eigenvalue weighted by atomic mass is 79.9. The van der Waals surface area contributed by atoms with Crippen LogP contribution in [-0.2, 0) is 16.1 Å². The lowest BCUT2D eigenvalue weighted by molar-refractivity contribution is -0.134. The highest BCUT2D eigenvalue weighted by molar-refractivity contribution is 9.10. The minimum atomic E-state index is -1.05. The van der Waals surface area contributed by atoms with E-state index in [1.807, 2.05) is 6.07 Å². The molecule has 0 unspecified atom stereocenters. The van der Waals surface area contributed by atoms with Crippen molar-refractivity contribution in [2.24, 2.45) is 5.41 Å². The third-order valence-electron chi connectivity index (χ3n) is 4.10.